The molecule has 1 rings (SSSR count). The Morgan fingerprint density at radius 1 is 1.18 bits per heavy atom. The first-order valence-electron chi connectivity index (χ1n) is 5.56. The quantitative estimate of drug-likeness (QED) is 0.515. The Labute approximate surface area is 101 Å². The summed E-state index contributed by atoms with van der Waals surface area (Å²) in [5.41, 5.74) is 0.539. The number of unbranched alkanes of at least 4 members (excludes halogenated alkanes) is 1. The lowest BCUT2D eigenvalue weighted by atomic mass is 10.2. The molecule has 0 amide bonds. The normalized spacial score (nSPS) is 10.0. The molecule has 0 N–H and O–H groups in total. The number of carbonyl (C=O) groups is 1. The van der Waals surface area contributed by atoms with Crippen LogP contribution < -0.4 is 9.47 Å². The van der Waals surface area contributed by atoms with Gasteiger partial charge in [0.1, 0.15) is 11.5 Å². The van der Waals surface area contributed by atoms with Crippen molar-refractivity contribution in [1.82, 2.24) is 0 Å². The number of carbonyl (C=O) groups excluding carboxylic acids is 1. The number of aldehydes is 1. The second-order valence-corrected chi connectivity index (χ2v) is 3.57. The molecule has 0 unspecified atom stereocenters. The van der Waals surface area contributed by atoms with E-state index < -0.39 is 0 Å². The van der Waals surface area contributed by atoms with E-state index in [2.05, 4.69) is 0 Å². The summed E-state index contributed by atoms with van der Waals surface area (Å²) in [6.45, 7) is 1.29. The van der Waals surface area contributed by atoms with Crippen LogP contribution in [-0.2, 0) is 4.74 Å². The number of ether oxygens (including phenoxy) is 3. The number of hydrogen-bond donors (Lipinski definition) is 0. The van der Waals surface area contributed by atoms with E-state index in [-0.39, 0.29) is 0 Å². The zero-order chi connectivity index (χ0) is 12.5. The van der Waals surface area contributed by atoms with Gasteiger partial charge in [0.2, 0.25) is 0 Å². The third-order valence-corrected chi connectivity index (χ3v) is 2.35. The van der Waals surface area contributed by atoms with Crippen LogP contribution in [0.5, 0.6) is 11.5 Å². The van der Waals surface area contributed by atoms with Crippen LogP contribution in [0.15, 0.2) is 18.2 Å². The second kappa shape index (κ2) is 7.68. The summed E-state index contributed by atoms with van der Waals surface area (Å²) in [6, 6.07) is 5.15. The summed E-state index contributed by atoms with van der Waals surface area (Å²) < 4.78 is 15.6. The summed E-state index contributed by atoms with van der Waals surface area (Å²) in [4.78, 5) is 10.8. The van der Waals surface area contributed by atoms with Crippen LogP contribution in [0.3, 0.4) is 0 Å². The van der Waals surface area contributed by atoms with Gasteiger partial charge >= 0.3 is 0 Å². The average molecular weight is 238 g/mol. The van der Waals surface area contributed by atoms with Gasteiger partial charge < -0.3 is 14.2 Å². The molecule has 4 heteroatoms. The van der Waals surface area contributed by atoms with Gasteiger partial charge in [0.15, 0.2) is 6.29 Å². The highest BCUT2D eigenvalue weighted by Gasteiger charge is 2.04. The van der Waals surface area contributed by atoms with E-state index in [1.54, 1.807) is 32.4 Å². The summed E-state index contributed by atoms with van der Waals surface area (Å²) in [5, 5.41) is 0. The molecule has 94 valence electrons. The van der Waals surface area contributed by atoms with Crippen molar-refractivity contribution in [2.45, 2.75) is 12.8 Å². The van der Waals surface area contributed by atoms with Crippen molar-refractivity contribution in [1.29, 1.82) is 0 Å². The lowest BCUT2D eigenvalue weighted by Crippen LogP contribution is -2.02. The molecule has 0 saturated carbocycles. The standard InChI is InChI=1S/C13H18O4/c1-15-7-3-4-8-17-13-9-12(16-2)6-5-11(13)10-14/h5-6,9-10H,3-4,7-8H2,1-2H3. The molecule has 1 aromatic carbocycles. The summed E-state index contributed by atoms with van der Waals surface area (Å²) in [6.07, 6.45) is 2.62. The molecular formula is C13H18O4. The van der Waals surface area contributed by atoms with Crippen molar-refractivity contribution < 1.29 is 19.0 Å². The van der Waals surface area contributed by atoms with Crippen molar-refractivity contribution in [2.24, 2.45) is 0 Å². The van der Waals surface area contributed by atoms with Gasteiger partial charge in [-0.05, 0) is 25.0 Å². The Morgan fingerprint density at radius 2 is 1.94 bits per heavy atom. The first-order valence-corrected chi connectivity index (χ1v) is 5.56. The molecule has 0 spiro atoms. The second-order valence-electron chi connectivity index (χ2n) is 3.57. The first kappa shape index (κ1) is 13.5. The molecule has 0 atom stereocenters. The average Bonchev–Trinajstić information content (AvgIpc) is 2.38. The molecule has 0 aromatic heterocycles. The van der Waals surface area contributed by atoms with Gasteiger partial charge in [-0.25, -0.2) is 0 Å². The highest BCUT2D eigenvalue weighted by atomic mass is 16.5. The van der Waals surface area contributed by atoms with Crippen molar-refractivity contribution in [2.75, 3.05) is 27.4 Å². The lowest BCUT2D eigenvalue weighted by molar-refractivity contribution is 0.111. The highest BCUT2D eigenvalue weighted by Crippen LogP contribution is 2.23. The number of rotatable bonds is 8. The van der Waals surface area contributed by atoms with Crippen LogP contribution in [0.1, 0.15) is 23.2 Å². The topological polar surface area (TPSA) is 44.8 Å². The number of hydrogen-bond acceptors (Lipinski definition) is 4. The Kier molecular flexibility index (Phi) is 6.10. The summed E-state index contributed by atoms with van der Waals surface area (Å²) in [5.74, 6) is 1.25. The largest absolute Gasteiger partial charge is 0.497 e. The molecule has 0 fully saturated rings. The molecule has 0 aliphatic carbocycles. The van der Waals surface area contributed by atoms with Gasteiger partial charge in [0.25, 0.3) is 0 Å². The number of benzene rings is 1. The molecule has 0 aliphatic heterocycles. The maximum absolute atomic E-state index is 10.8. The van der Waals surface area contributed by atoms with Gasteiger partial charge in [-0.15, -0.1) is 0 Å². The van der Waals surface area contributed by atoms with Crippen LogP contribution in [0.4, 0.5) is 0 Å². The van der Waals surface area contributed by atoms with Crippen LogP contribution in [0.2, 0.25) is 0 Å². The molecule has 0 heterocycles. The molecule has 0 radical (unpaired) electrons. The predicted molar refractivity (Wildman–Crippen MR) is 65.0 cm³/mol. The SMILES string of the molecule is COCCCCOc1cc(OC)ccc1C=O. The van der Waals surface area contributed by atoms with Crippen molar-refractivity contribution >= 4 is 6.29 Å². The number of methoxy groups -OCH3 is 2. The van der Waals surface area contributed by atoms with Crippen molar-refractivity contribution in [3.8, 4) is 11.5 Å². The zero-order valence-electron chi connectivity index (χ0n) is 10.3. The zero-order valence-corrected chi connectivity index (χ0v) is 10.3. The monoisotopic (exact) mass is 238 g/mol. The molecule has 0 saturated heterocycles. The van der Waals surface area contributed by atoms with E-state index in [4.69, 9.17) is 14.2 Å². The third kappa shape index (κ3) is 4.44. The van der Waals surface area contributed by atoms with E-state index in [0.717, 1.165) is 25.7 Å². The fraction of sp³-hybridized carbons (Fsp3) is 0.462. The van der Waals surface area contributed by atoms with Crippen LogP contribution >= 0.6 is 0 Å². The highest BCUT2D eigenvalue weighted by molar-refractivity contribution is 5.79. The van der Waals surface area contributed by atoms with Gasteiger partial charge in [0.05, 0.1) is 19.3 Å². The maximum Gasteiger partial charge on any atom is 0.153 e. The van der Waals surface area contributed by atoms with E-state index in [0.29, 0.717) is 23.7 Å². The van der Waals surface area contributed by atoms with Crippen LogP contribution in [0.25, 0.3) is 0 Å². The smallest absolute Gasteiger partial charge is 0.153 e. The van der Waals surface area contributed by atoms with E-state index in [1.807, 2.05) is 0 Å². The molecule has 0 bridgehead atoms. The first-order chi connectivity index (χ1) is 8.31. The Morgan fingerprint density at radius 3 is 2.59 bits per heavy atom. The van der Waals surface area contributed by atoms with Crippen LogP contribution in [-0.4, -0.2) is 33.7 Å². The van der Waals surface area contributed by atoms with Gasteiger partial charge in [0, 0.05) is 19.8 Å². The lowest BCUT2D eigenvalue weighted by Gasteiger charge is -2.09. The molecule has 1 aromatic rings. The Hall–Kier alpha value is -1.55. The minimum absolute atomic E-state index is 0.539. The van der Waals surface area contributed by atoms with E-state index in [9.17, 15) is 4.79 Å². The fourth-order valence-corrected chi connectivity index (χ4v) is 1.39. The third-order valence-electron chi connectivity index (χ3n) is 2.35. The fourth-order valence-electron chi connectivity index (χ4n) is 1.39. The molecule has 4 nitrogen and oxygen atoms in total. The van der Waals surface area contributed by atoms with E-state index >= 15 is 0 Å². The maximum atomic E-state index is 10.8. The van der Waals surface area contributed by atoms with Gasteiger partial charge in [-0.1, -0.05) is 0 Å². The minimum atomic E-state index is 0.539. The van der Waals surface area contributed by atoms with Crippen molar-refractivity contribution in [3.63, 3.8) is 0 Å². The Bertz CT molecular complexity index is 349. The molecular weight excluding hydrogens is 220 g/mol. The summed E-state index contributed by atoms with van der Waals surface area (Å²) in [7, 11) is 3.26. The molecule has 17 heavy (non-hydrogen) atoms. The minimum Gasteiger partial charge on any atom is -0.497 e. The predicted octanol–water partition coefficient (Wildman–Crippen LogP) is 2.31. The van der Waals surface area contributed by atoms with Gasteiger partial charge in [-0.3, -0.25) is 4.79 Å². The molecule has 0 aliphatic rings. The van der Waals surface area contributed by atoms with E-state index in [1.165, 1.54) is 0 Å². The van der Waals surface area contributed by atoms with Gasteiger partial charge in [-0.2, -0.15) is 0 Å². The van der Waals surface area contributed by atoms with Crippen LogP contribution in [0, 0.1) is 0 Å². The summed E-state index contributed by atoms with van der Waals surface area (Å²) >= 11 is 0. The Balaban J connectivity index is 2.52. The van der Waals surface area contributed by atoms with Crippen molar-refractivity contribution in [3.05, 3.63) is 23.8 Å².